The summed E-state index contributed by atoms with van der Waals surface area (Å²) in [5, 5.41) is 19.6. The third kappa shape index (κ3) is 1.08. The number of hydrogen-bond acceptors (Lipinski definition) is 5. The third-order valence-corrected chi connectivity index (χ3v) is 2.40. The molecule has 0 bridgehead atoms. The highest BCUT2D eigenvalue weighted by molar-refractivity contribution is 5.85. The number of carboxylic acid groups (broad SMARTS) is 1. The van der Waals surface area contributed by atoms with Crippen LogP contribution in [0.1, 0.15) is 16.4 Å². The summed E-state index contributed by atoms with van der Waals surface area (Å²) in [6.45, 7) is 0.443. The van der Waals surface area contributed by atoms with E-state index in [1.54, 1.807) is 18.5 Å². The number of anilines is 1. The molecule has 0 aromatic carbocycles. The molecular weight excluding hydrogens is 210 g/mol. The lowest BCUT2D eigenvalue weighted by Gasteiger charge is -2.19. The Hall–Kier alpha value is -2.44. The van der Waals surface area contributed by atoms with Gasteiger partial charge in [0.25, 0.3) is 0 Å². The van der Waals surface area contributed by atoms with Crippen LogP contribution < -0.4 is 5.32 Å². The van der Waals surface area contributed by atoms with Crippen molar-refractivity contribution < 1.29 is 9.90 Å². The second-order valence-corrected chi connectivity index (χ2v) is 3.33. The number of aromatic carboxylic acids is 1. The van der Waals surface area contributed by atoms with Crippen LogP contribution in [0.2, 0.25) is 0 Å². The van der Waals surface area contributed by atoms with Gasteiger partial charge in [0.2, 0.25) is 5.82 Å². The molecular formula is C9H7N5O2. The fourth-order valence-corrected chi connectivity index (χ4v) is 1.72. The maximum Gasteiger partial charge on any atom is 0.374 e. The van der Waals surface area contributed by atoms with Gasteiger partial charge in [-0.25, -0.2) is 4.79 Å². The van der Waals surface area contributed by atoms with Gasteiger partial charge >= 0.3 is 5.97 Å². The summed E-state index contributed by atoms with van der Waals surface area (Å²) in [5.41, 5.74) is 1.48. The predicted octanol–water partition coefficient (Wildman–Crippen LogP) is 0.286. The molecule has 0 unspecified atom stereocenters. The van der Waals surface area contributed by atoms with Crippen LogP contribution in [0, 0.1) is 0 Å². The first-order valence-electron chi connectivity index (χ1n) is 4.63. The zero-order chi connectivity index (χ0) is 11.1. The van der Waals surface area contributed by atoms with Gasteiger partial charge in [0.1, 0.15) is 0 Å². The molecule has 2 aromatic heterocycles. The molecule has 0 spiro atoms. The van der Waals surface area contributed by atoms with Gasteiger partial charge < -0.3 is 10.4 Å². The van der Waals surface area contributed by atoms with E-state index in [-0.39, 0.29) is 5.82 Å². The molecule has 2 aromatic rings. The summed E-state index contributed by atoms with van der Waals surface area (Å²) >= 11 is 0. The molecule has 7 heteroatoms. The Morgan fingerprint density at radius 1 is 1.50 bits per heavy atom. The smallest absolute Gasteiger partial charge is 0.374 e. The van der Waals surface area contributed by atoms with E-state index in [2.05, 4.69) is 20.5 Å². The lowest BCUT2D eigenvalue weighted by molar-refractivity contribution is 0.0680. The minimum atomic E-state index is -1.09. The average Bonchev–Trinajstić information content (AvgIpc) is 2.73. The number of carboxylic acids is 1. The van der Waals surface area contributed by atoms with Crippen molar-refractivity contribution in [3.05, 3.63) is 30.1 Å². The predicted molar refractivity (Wildman–Crippen MR) is 53.4 cm³/mol. The van der Waals surface area contributed by atoms with Crippen molar-refractivity contribution in [2.75, 3.05) is 5.32 Å². The molecule has 0 saturated carbocycles. The normalized spacial score (nSPS) is 12.5. The molecule has 0 aliphatic carbocycles. The molecule has 0 radical (unpaired) electrons. The van der Waals surface area contributed by atoms with Crippen molar-refractivity contribution in [2.45, 2.75) is 6.54 Å². The Morgan fingerprint density at radius 3 is 3.19 bits per heavy atom. The lowest BCUT2D eigenvalue weighted by atomic mass is 10.2. The highest BCUT2D eigenvalue weighted by Crippen LogP contribution is 2.26. The topological polar surface area (TPSA) is 92.9 Å². The Kier molecular flexibility index (Phi) is 1.67. The molecule has 80 valence electrons. The van der Waals surface area contributed by atoms with Gasteiger partial charge in [-0.3, -0.25) is 9.55 Å². The van der Waals surface area contributed by atoms with E-state index in [0.29, 0.717) is 18.1 Å². The van der Waals surface area contributed by atoms with Gasteiger partial charge in [-0.1, -0.05) is 0 Å². The quantitative estimate of drug-likeness (QED) is 0.713. The zero-order valence-electron chi connectivity index (χ0n) is 8.08. The second kappa shape index (κ2) is 3.02. The first-order valence-corrected chi connectivity index (χ1v) is 4.63. The maximum atomic E-state index is 11.0. The molecule has 16 heavy (non-hydrogen) atoms. The maximum absolute atomic E-state index is 11.0. The number of nitrogens with zero attached hydrogens (tertiary/aromatic N) is 4. The molecule has 0 amide bonds. The lowest BCUT2D eigenvalue weighted by Crippen LogP contribution is -2.19. The molecule has 1 aliphatic heterocycles. The minimum absolute atomic E-state index is 0.0797. The average molecular weight is 217 g/mol. The summed E-state index contributed by atoms with van der Waals surface area (Å²) in [6.07, 6.45) is 3.24. The van der Waals surface area contributed by atoms with E-state index in [4.69, 9.17) is 5.11 Å². The standard InChI is InChI=1S/C9H7N5O2/c15-9(16)8-13-12-7-4-11-5-3-10-2-1-6(5)14(7)8/h1-3,11H,4H2,(H,15,16). The van der Waals surface area contributed by atoms with Crippen molar-refractivity contribution in [1.82, 2.24) is 19.7 Å². The van der Waals surface area contributed by atoms with Gasteiger partial charge in [0.05, 0.1) is 24.1 Å². The van der Waals surface area contributed by atoms with Crippen molar-refractivity contribution in [1.29, 1.82) is 0 Å². The highest BCUT2D eigenvalue weighted by atomic mass is 16.4. The number of nitrogens with one attached hydrogen (secondary N) is 1. The molecule has 0 saturated heterocycles. The van der Waals surface area contributed by atoms with Crippen LogP contribution in [0.25, 0.3) is 5.69 Å². The van der Waals surface area contributed by atoms with Crippen molar-refractivity contribution >= 4 is 11.7 Å². The Morgan fingerprint density at radius 2 is 2.38 bits per heavy atom. The molecule has 3 rings (SSSR count). The van der Waals surface area contributed by atoms with Crippen LogP contribution in [0.4, 0.5) is 5.69 Å². The molecule has 0 atom stereocenters. The number of pyridine rings is 1. The first kappa shape index (κ1) is 8.84. The summed E-state index contributed by atoms with van der Waals surface area (Å²) in [7, 11) is 0. The van der Waals surface area contributed by atoms with Gasteiger partial charge in [0.15, 0.2) is 5.82 Å². The Labute approximate surface area is 89.8 Å². The third-order valence-electron chi connectivity index (χ3n) is 2.40. The monoisotopic (exact) mass is 217 g/mol. The molecule has 7 nitrogen and oxygen atoms in total. The van der Waals surface area contributed by atoms with Crippen molar-refractivity contribution in [3.63, 3.8) is 0 Å². The van der Waals surface area contributed by atoms with Crippen molar-refractivity contribution in [2.24, 2.45) is 0 Å². The number of rotatable bonds is 1. The SMILES string of the molecule is O=C(O)c1nnc2n1-c1ccncc1NC2. The van der Waals surface area contributed by atoms with Crippen molar-refractivity contribution in [3.8, 4) is 5.69 Å². The second-order valence-electron chi connectivity index (χ2n) is 3.33. The van der Waals surface area contributed by atoms with Crippen LogP contribution in [0.15, 0.2) is 18.5 Å². The first-order chi connectivity index (χ1) is 7.77. The van der Waals surface area contributed by atoms with E-state index in [0.717, 1.165) is 5.69 Å². The van der Waals surface area contributed by atoms with Gasteiger partial charge in [-0.05, 0) is 6.07 Å². The van der Waals surface area contributed by atoms with Crippen LogP contribution >= 0.6 is 0 Å². The number of fused-ring (bicyclic) bond motifs is 3. The Balaban J connectivity index is 2.29. The van der Waals surface area contributed by atoms with Crippen LogP contribution in [0.3, 0.4) is 0 Å². The summed E-state index contributed by atoms with van der Waals surface area (Å²) in [6, 6.07) is 1.72. The molecule has 2 N–H and O–H groups in total. The van der Waals surface area contributed by atoms with E-state index < -0.39 is 5.97 Å². The highest BCUT2D eigenvalue weighted by Gasteiger charge is 2.24. The molecule has 3 heterocycles. The van der Waals surface area contributed by atoms with E-state index in [1.807, 2.05) is 0 Å². The largest absolute Gasteiger partial charge is 0.475 e. The Bertz CT molecular complexity index is 577. The van der Waals surface area contributed by atoms with Gasteiger partial charge in [-0.2, -0.15) is 0 Å². The summed E-state index contributed by atoms with van der Waals surface area (Å²) in [5.74, 6) is -0.594. The molecule has 0 fully saturated rings. The summed E-state index contributed by atoms with van der Waals surface area (Å²) < 4.78 is 1.52. The minimum Gasteiger partial charge on any atom is -0.475 e. The summed E-state index contributed by atoms with van der Waals surface area (Å²) in [4.78, 5) is 15.0. The number of hydrogen-bond donors (Lipinski definition) is 2. The zero-order valence-corrected chi connectivity index (χ0v) is 8.08. The number of aromatic nitrogens is 4. The fourth-order valence-electron chi connectivity index (χ4n) is 1.72. The van der Waals surface area contributed by atoms with Gasteiger partial charge in [-0.15, -0.1) is 10.2 Å². The van der Waals surface area contributed by atoms with E-state index >= 15 is 0 Å². The fraction of sp³-hybridized carbons (Fsp3) is 0.111. The molecule has 1 aliphatic rings. The van der Waals surface area contributed by atoms with Crippen LogP contribution in [-0.2, 0) is 6.54 Å². The van der Waals surface area contributed by atoms with Gasteiger partial charge in [0, 0.05) is 6.20 Å². The van der Waals surface area contributed by atoms with E-state index in [9.17, 15) is 4.79 Å². The van der Waals surface area contributed by atoms with Crippen LogP contribution in [-0.4, -0.2) is 30.8 Å². The number of carbonyl (C=O) groups is 1. The van der Waals surface area contributed by atoms with E-state index in [1.165, 1.54) is 4.57 Å². The van der Waals surface area contributed by atoms with Crippen LogP contribution in [0.5, 0.6) is 0 Å².